The monoisotopic (exact) mass is 345 g/mol. The summed E-state index contributed by atoms with van der Waals surface area (Å²) < 4.78 is 22.0. The number of likely N-dealkylation sites (tertiary alicyclic amines) is 1. The highest BCUT2D eigenvalue weighted by Gasteiger charge is 2.35. The number of carbonyl (C=O) groups is 1. The molecule has 0 bridgehead atoms. The third-order valence-corrected chi connectivity index (χ3v) is 4.38. The molecule has 1 aromatic heterocycles. The van der Waals surface area contributed by atoms with Crippen molar-refractivity contribution in [1.82, 2.24) is 15.0 Å². The Balaban J connectivity index is 1.44. The van der Waals surface area contributed by atoms with Gasteiger partial charge in [0, 0.05) is 26.6 Å². The highest BCUT2D eigenvalue weighted by Crippen LogP contribution is 2.35. The SMILES string of the molecule is COCCN1CC(c2nc(C3COc4ccccc4O3)no2)CC1=O. The maximum absolute atomic E-state index is 12.0. The van der Waals surface area contributed by atoms with Crippen molar-refractivity contribution in [1.29, 1.82) is 0 Å². The van der Waals surface area contributed by atoms with Crippen molar-refractivity contribution in [2.45, 2.75) is 18.4 Å². The first-order chi connectivity index (χ1) is 12.2. The van der Waals surface area contributed by atoms with Gasteiger partial charge in [0.15, 0.2) is 17.6 Å². The van der Waals surface area contributed by atoms with Crippen LogP contribution in [-0.4, -0.2) is 54.4 Å². The summed E-state index contributed by atoms with van der Waals surface area (Å²) >= 11 is 0. The second-order valence-electron chi connectivity index (χ2n) is 6.09. The Bertz CT molecular complexity index is 762. The molecule has 0 spiro atoms. The van der Waals surface area contributed by atoms with Crippen LogP contribution in [0.5, 0.6) is 11.5 Å². The lowest BCUT2D eigenvalue weighted by atomic mass is 10.1. The molecular weight excluding hydrogens is 326 g/mol. The summed E-state index contributed by atoms with van der Waals surface area (Å²) in [7, 11) is 1.62. The zero-order valence-electron chi connectivity index (χ0n) is 13.9. The summed E-state index contributed by atoms with van der Waals surface area (Å²) in [5.41, 5.74) is 0. The van der Waals surface area contributed by atoms with Crippen LogP contribution in [0.4, 0.5) is 0 Å². The van der Waals surface area contributed by atoms with Gasteiger partial charge >= 0.3 is 0 Å². The van der Waals surface area contributed by atoms with Gasteiger partial charge in [-0.2, -0.15) is 4.98 Å². The molecule has 132 valence electrons. The predicted octanol–water partition coefficient (Wildman–Crippen LogP) is 1.54. The molecule has 0 saturated carbocycles. The van der Waals surface area contributed by atoms with Crippen LogP contribution in [0.1, 0.15) is 30.2 Å². The van der Waals surface area contributed by atoms with Crippen LogP contribution in [0.2, 0.25) is 0 Å². The molecule has 1 saturated heterocycles. The zero-order chi connectivity index (χ0) is 17.2. The summed E-state index contributed by atoms with van der Waals surface area (Å²) in [6.07, 6.45) is -0.0509. The Morgan fingerprint density at radius 2 is 2.16 bits per heavy atom. The molecule has 25 heavy (non-hydrogen) atoms. The molecule has 0 N–H and O–H groups in total. The van der Waals surface area contributed by atoms with E-state index < -0.39 is 6.10 Å². The topological polar surface area (TPSA) is 86.9 Å². The molecule has 2 atom stereocenters. The number of amides is 1. The van der Waals surface area contributed by atoms with E-state index in [0.29, 0.717) is 55.9 Å². The van der Waals surface area contributed by atoms with E-state index in [0.717, 1.165) is 0 Å². The fraction of sp³-hybridized carbons (Fsp3) is 0.471. The van der Waals surface area contributed by atoms with Crippen molar-refractivity contribution < 1.29 is 23.5 Å². The highest BCUT2D eigenvalue weighted by molar-refractivity contribution is 5.79. The van der Waals surface area contributed by atoms with Gasteiger partial charge in [0.05, 0.1) is 12.5 Å². The van der Waals surface area contributed by atoms with Crippen molar-refractivity contribution >= 4 is 5.91 Å². The third-order valence-electron chi connectivity index (χ3n) is 4.38. The van der Waals surface area contributed by atoms with Crippen molar-refractivity contribution in [3.8, 4) is 11.5 Å². The number of hydrogen-bond donors (Lipinski definition) is 0. The number of hydrogen-bond acceptors (Lipinski definition) is 7. The minimum Gasteiger partial charge on any atom is -0.485 e. The summed E-state index contributed by atoms with van der Waals surface area (Å²) in [6, 6.07) is 7.46. The van der Waals surface area contributed by atoms with Gasteiger partial charge in [0.2, 0.25) is 17.6 Å². The zero-order valence-corrected chi connectivity index (χ0v) is 13.9. The van der Waals surface area contributed by atoms with Gasteiger partial charge in [-0.15, -0.1) is 0 Å². The molecule has 4 rings (SSSR count). The van der Waals surface area contributed by atoms with Crippen LogP contribution in [-0.2, 0) is 9.53 Å². The lowest BCUT2D eigenvalue weighted by Gasteiger charge is -2.24. The minimum absolute atomic E-state index is 0.0768. The van der Waals surface area contributed by atoms with Gasteiger partial charge in [-0.3, -0.25) is 4.79 Å². The molecule has 2 aromatic rings. The first-order valence-corrected chi connectivity index (χ1v) is 8.23. The van der Waals surface area contributed by atoms with E-state index in [1.54, 1.807) is 12.0 Å². The summed E-state index contributed by atoms with van der Waals surface area (Å²) in [5, 5.41) is 4.02. The second kappa shape index (κ2) is 6.72. The Labute approximate surface area is 144 Å². The molecule has 0 radical (unpaired) electrons. The molecule has 1 fully saturated rings. The van der Waals surface area contributed by atoms with Crippen molar-refractivity contribution in [3.05, 3.63) is 36.0 Å². The van der Waals surface area contributed by atoms with E-state index in [1.807, 2.05) is 24.3 Å². The molecule has 2 aliphatic heterocycles. The highest BCUT2D eigenvalue weighted by atomic mass is 16.6. The van der Waals surface area contributed by atoms with Crippen molar-refractivity contribution in [3.63, 3.8) is 0 Å². The lowest BCUT2D eigenvalue weighted by Crippen LogP contribution is -2.28. The molecule has 2 unspecified atom stereocenters. The van der Waals surface area contributed by atoms with E-state index in [9.17, 15) is 4.79 Å². The number of benzene rings is 1. The molecule has 1 amide bonds. The number of fused-ring (bicyclic) bond motifs is 1. The van der Waals surface area contributed by atoms with Gasteiger partial charge in [0.25, 0.3) is 0 Å². The number of ether oxygens (including phenoxy) is 3. The number of aromatic nitrogens is 2. The Morgan fingerprint density at radius 1 is 1.32 bits per heavy atom. The maximum atomic E-state index is 12.0. The quantitative estimate of drug-likeness (QED) is 0.812. The van der Waals surface area contributed by atoms with Gasteiger partial charge in [0.1, 0.15) is 6.61 Å². The number of carbonyl (C=O) groups excluding carboxylic acids is 1. The second-order valence-corrected chi connectivity index (χ2v) is 6.09. The van der Waals surface area contributed by atoms with E-state index >= 15 is 0 Å². The molecule has 0 aliphatic carbocycles. The van der Waals surface area contributed by atoms with Gasteiger partial charge < -0.3 is 23.6 Å². The first-order valence-electron chi connectivity index (χ1n) is 8.23. The van der Waals surface area contributed by atoms with Crippen LogP contribution in [0.15, 0.2) is 28.8 Å². The molecule has 8 nitrogen and oxygen atoms in total. The number of para-hydroxylation sites is 2. The molecule has 1 aromatic carbocycles. The fourth-order valence-electron chi connectivity index (χ4n) is 3.05. The van der Waals surface area contributed by atoms with Crippen LogP contribution >= 0.6 is 0 Å². The van der Waals surface area contributed by atoms with Crippen LogP contribution in [0.25, 0.3) is 0 Å². The van der Waals surface area contributed by atoms with E-state index in [4.69, 9.17) is 18.7 Å². The van der Waals surface area contributed by atoms with E-state index in [-0.39, 0.29) is 11.8 Å². The lowest BCUT2D eigenvalue weighted by molar-refractivity contribution is -0.128. The van der Waals surface area contributed by atoms with Crippen LogP contribution in [0.3, 0.4) is 0 Å². The third kappa shape index (κ3) is 3.17. The fourth-order valence-corrected chi connectivity index (χ4v) is 3.05. The Kier molecular flexibility index (Phi) is 4.27. The van der Waals surface area contributed by atoms with Crippen LogP contribution < -0.4 is 9.47 Å². The Hall–Kier alpha value is -2.61. The summed E-state index contributed by atoms with van der Waals surface area (Å²) in [6.45, 7) is 1.97. The van der Waals surface area contributed by atoms with Gasteiger partial charge in [-0.1, -0.05) is 17.3 Å². The summed E-state index contributed by atoms with van der Waals surface area (Å²) in [5.74, 6) is 2.25. The largest absolute Gasteiger partial charge is 0.485 e. The average molecular weight is 345 g/mol. The van der Waals surface area contributed by atoms with Crippen molar-refractivity contribution in [2.24, 2.45) is 0 Å². The Morgan fingerprint density at radius 3 is 3.00 bits per heavy atom. The van der Waals surface area contributed by atoms with Crippen LogP contribution in [0, 0.1) is 0 Å². The first kappa shape index (κ1) is 15.9. The van der Waals surface area contributed by atoms with Gasteiger partial charge in [-0.25, -0.2) is 0 Å². The predicted molar refractivity (Wildman–Crippen MR) is 85.4 cm³/mol. The molecular formula is C17H19N3O5. The average Bonchev–Trinajstić information content (AvgIpc) is 3.26. The molecule has 3 heterocycles. The molecule has 8 heteroatoms. The molecule has 2 aliphatic rings. The van der Waals surface area contributed by atoms with E-state index in [1.165, 1.54) is 0 Å². The summed E-state index contributed by atoms with van der Waals surface area (Å²) in [4.78, 5) is 18.2. The maximum Gasteiger partial charge on any atom is 0.232 e. The minimum atomic E-state index is -0.422. The number of rotatable bonds is 5. The number of nitrogens with zero attached hydrogens (tertiary/aromatic N) is 3. The van der Waals surface area contributed by atoms with E-state index in [2.05, 4.69) is 10.1 Å². The number of methoxy groups -OCH3 is 1. The normalized spacial score (nSPS) is 22.4. The van der Waals surface area contributed by atoms with Gasteiger partial charge in [-0.05, 0) is 12.1 Å². The van der Waals surface area contributed by atoms with Crippen molar-refractivity contribution in [2.75, 3.05) is 33.4 Å². The standard InChI is InChI=1S/C17H19N3O5/c1-22-7-6-20-9-11(8-15(20)21)17-18-16(19-25-17)14-10-23-12-4-2-3-5-13(12)24-14/h2-5,11,14H,6-10H2,1H3. The smallest absolute Gasteiger partial charge is 0.232 e.